The maximum Gasteiger partial charge on any atom is 0.265 e. The molecule has 5 rings (SSSR count). The number of carbonyl (C=O) groups is 2. The molecule has 9 heteroatoms. The summed E-state index contributed by atoms with van der Waals surface area (Å²) in [6, 6.07) is 9.46. The van der Waals surface area contributed by atoms with Crippen molar-refractivity contribution in [3.05, 3.63) is 69.5 Å². The third-order valence-corrected chi connectivity index (χ3v) is 7.20. The first-order chi connectivity index (χ1) is 17.9. The van der Waals surface area contributed by atoms with E-state index in [0.29, 0.717) is 16.9 Å². The van der Waals surface area contributed by atoms with Crippen molar-refractivity contribution in [3.8, 4) is 5.75 Å². The second-order valence-electron chi connectivity index (χ2n) is 9.86. The molecule has 2 amide bonds. The molecule has 8 nitrogen and oxygen atoms in total. The number of imide groups is 1. The van der Waals surface area contributed by atoms with Gasteiger partial charge in [0.15, 0.2) is 0 Å². The fourth-order valence-electron chi connectivity index (χ4n) is 5.25. The number of hydrogen-bond donors (Lipinski definition) is 1. The maximum absolute atomic E-state index is 15.0. The molecule has 0 bridgehead atoms. The van der Waals surface area contributed by atoms with E-state index in [1.807, 2.05) is 6.07 Å². The van der Waals surface area contributed by atoms with E-state index >= 15 is 0 Å². The summed E-state index contributed by atoms with van der Waals surface area (Å²) in [7, 11) is 0. The van der Waals surface area contributed by atoms with Crippen molar-refractivity contribution in [2.45, 2.75) is 64.6 Å². The highest BCUT2D eigenvalue weighted by atomic mass is 19.1. The second-order valence-corrected chi connectivity index (χ2v) is 9.86. The molecule has 1 aromatic heterocycles. The summed E-state index contributed by atoms with van der Waals surface area (Å²) < 4.78 is 22.2. The maximum atomic E-state index is 15.0. The minimum absolute atomic E-state index is 0.0549. The highest BCUT2D eigenvalue weighted by Crippen LogP contribution is 2.26. The number of aromatic nitrogens is 2. The number of rotatable bonds is 6. The van der Waals surface area contributed by atoms with Crippen LogP contribution in [0.5, 0.6) is 5.75 Å². The lowest BCUT2D eigenvalue weighted by atomic mass is 10.1. The van der Waals surface area contributed by atoms with Crippen molar-refractivity contribution in [1.29, 1.82) is 0 Å². The Morgan fingerprint density at radius 2 is 1.86 bits per heavy atom. The van der Waals surface area contributed by atoms with Gasteiger partial charge in [-0.05, 0) is 63.0 Å². The van der Waals surface area contributed by atoms with E-state index in [0.717, 1.165) is 25.2 Å². The molecule has 3 aromatic rings. The minimum Gasteiger partial charge on any atom is -0.488 e. The molecule has 37 heavy (non-hydrogen) atoms. The first kappa shape index (κ1) is 25.1. The van der Waals surface area contributed by atoms with Crippen LogP contribution in [-0.2, 0) is 22.7 Å². The first-order valence-corrected chi connectivity index (χ1v) is 12.9. The van der Waals surface area contributed by atoms with Crippen molar-refractivity contribution in [1.82, 2.24) is 19.8 Å². The summed E-state index contributed by atoms with van der Waals surface area (Å²) in [5, 5.41) is 2.51. The van der Waals surface area contributed by atoms with Gasteiger partial charge in [0.1, 0.15) is 35.4 Å². The lowest BCUT2D eigenvalue weighted by Gasteiger charge is -2.24. The molecule has 0 spiro atoms. The lowest BCUT2D eigenvalue weighted by Crippen LogP contribution is -2.45. The number of ether oxygens (including phenoxy) is 1. The fraction of sp³-hybridized carbons (Fsp3) is 0.429. The van der Waals surface area contributed by atoms with Gasteiger partial charge in [-0.2, -0.15) is 0 Å². The summed E-state index contributed by atoms with van der Waals surface area (Å²) in [6.45, 7) is 4.41. The predicted molar refractivity (Wildman–Crippen MR) is 137 cm³/mol. The lowest BCUT2D eigenvalue weighted by molar-refractivity contribution is -0.135. The Morgan fingerprint density at radius 3 is 2.59 bits per heavy atom. The van der Waals surface area contributed by atoms with Crippen molar-refractivity contribution in [2.75, 3.05) is 13.1 Å². The standard InChI is InChI=1S/C28H31FN4O4/c1-18-30-22-7-6-8-24(26(22)28(36)33(18)23-11-12-25(34)31-27(23)35)37-17-20-10-9-19(15-21(20)29)16-32-13-4-2-3-5-14-32/h6-10,15,23H,2-5,11-14,16-17H2,1H3,(H,31,34,35). The Labute approximate surface area is 214 Å². The van der Waals surface area contributed by atoms with Crippen LogP contribution in [0.4, 0.5) is 4.39 Å². The topological polar surface area (TPSA) is 93.5 Å². The average molecular weight is 507 g/mol. The Morgan fingerprint density at radius 1 is 1.08 bits per heavy atom. The molecule has 0 aliphatic carbocycles. The Balaban J connectivity index is 1.37. The SMILES string of the molecule is Cc1nc2cccc(OCc3ccc(CN4CCCCCC4)cc3F)c2c(=O)n1C1CCC(=O)NC1=O. The van der Waals surface area contributed by atoms with Crippen LogP contribution in [0.2, 0.25) is 0 Å². The van der Waals surface area contributed by atoms with Crippen LogP contribution >= 0.6 is 0 Å². The van der Waals surface area contributed by atoms with Crippen molar-refractivity contribution in [3.63, 3.8) is 0 Å². The van der Waals surface area contributed by atoms with Gasteiger partial charge in [-0.3, -0.25) is 29.2 Å². The molecular weight excluding hydrogens is 475 g/mol. The van der Waals surface area contributed by atoms with Gasteiger partial charge in [-0.25, -0.2) is 9.37 Å². The molecule has 0 saturated carbocycles. The summed E-state index contributed by atoms with van der Waals surface area (Å²) in [5.41, 5.74) is 1.32. The molecule has 3 heterocycles. The smallest absolute Gasteiger partial charge is 0.265 e. The number of fused-ring (bicyclic) bond motifs is 1. The van der Waals surface area contributed by atoms with E-state index < -0.39 is 17.5 Å². The minimum atomic E-state index is -0.829. The molecule has 2 aromatic carbocycles. The zero-order valence-electron chi connectivity index (χ0n) is 21.0. The molecule has 1 unspecified atom stereocenters. The van der Waals surface area contributed by atoms with Crippen molar-refractivity contribution in [2.24, 2.45) is 0 Å². The summed E-state index contributed by atoms with van der Waals surface area (Å²) in [6.07, 6.45) is 5.23. The van der Waals surface area contributed by atoms with Crippen LogP contribution in [0.3, 0.4) is 0 Å². The van der Waals surface area contributed by atoms with Crippen LogP contribution < -0.4 is 15.6 Å². The molecular formula is C28H31FN4O4. The molecule has 2 aliphatic heterocycles. The monoisotopic (exact) mass is 506 g/mol. The third kappa shape index (κ3) is 5.41. The van der Waals surface area contributed by atoms with E-state index in [1.54, 1.807) is 37.3 Å². The largest absolute Gasteiger partial charge is 0.488 e. The van der Waals surface area contributed by atoms with E-state index in [9.17, 15) is 18.8 Å². The Kier molecular flexibility index (Phi) is 7.32. The van der Waals surface area contributed by atoms with Crippen LogP contribution in [0.25, 0.3) is 10.9 Å². The molecule has 0 radical (unpaired) electrons. The Hall–Kier alpha value is -3.59. The number of hydrogen-bond acceptors (Lipinski definition) is 6. The van der Waals surface area contributed by atoms with Gasteiger partial charge in [0.2, 0.25) is 11.8 Å². The number of carbonyl (C=O) groups excluding carboxylic acids is 2. The zero-order chi connectivity index (χ0) is 25.9. The van der Waals surface area contributed by atoms with Gasteiger partial charge in [-0.1, -0.05) is 31.0 Å². The number of likely N-dealkylation sites (tertiary alicyclic amines) is 1. The van der Waals surface area contributed by atoms with E-state index in [2.05, 4.69) is 15.2 Å². The van der Waals surface area contributed by atoms with Gasteiger partial charge in [0.05, 0.1) is 5.52 Å². The second kappa shape index (κ2) is 10.8. The number of piperidine rings is 1. The molecule has 2 aliphatic rings. The first-order valence-electron chi connectivity index (χ1n) is 12.9. The normalized spacial score (nSPS) is 19.0. The van der Waals surface area contributed by atoms with Crippen molar-refractivity contribution >= 4 is 22.7 Å². The number of benzene rings is 2. The van der Waals surface area contributed by atoms with Gasteiger partial charge in [0.25, 0.3) is 5.56 Å². The Bertz CT molecular complexity index is 1390. The van der Waals surface area contributed by atoms with Gasteiger partial charge in [0, 0.05) is 18.5 Å². The zero-order valence-corrected chi connectivity index (χ0v) is 21.0. The highest BCUT2D eigenvalue weighted by molar-refractivity contribution is 5.99. The molecule has 1 atom stereocenters. The number of aryl methyl sites for hydroxylation is 1. The molecule has 2 saturated heterocycles. The average Bonchev–Trinajstić information content (AvgIpc) is 3.13. The highest BCUT2D eigenvalue weighted by Gasteiger charge is 2.31. The quantitative estimate of drug-likeness (QED) is 0.512. The molecule has 194 valence electrons. The number of nitrogens with one attached hydrogen (secondary N) is 1. The summed E-state index contributed by atoms with van der Waals surface area (Å²) >= 11 is 0. The van der Waals surface area contributed by atoms with Crippen LogP contribution in [0.1, 0.15) is 61.5 Å². The summed E-state index contributed by atoms with van der Waals surface area (Å²) in [4.78, 5) is 44.4. The number of amides is 2. The summed E-state index contributed by atoms with van der Waals surface area (Å²) in [5.74, 6) is -0.589. The molecule has 1 N–H and O–H groups in total. The van der Waals surface area contributed by atoms with Gasteiger partial charge >= 0.3 is 0 Å². The van der Waals surface area contributed by atoms with Gasteiger partial charge < -0.3 is 4.74 Å². The van der Waals surface area contributed by atoms with Gasteiger partial charge in [-0.15, -0.1) is 0 Å². The molecule has 2 fully saturated rings. The fourth-order valence-corrected chi connectivity index (χ4v) is 5.25. The van der Waals surface area contributed by atoms with Crippen LogP contribution in [-0.4, -0.2) is 39.4 Å². The number of halogens is 1. The van der Waals surface area contributed by atoms with E-state index in [-0.39, 0.29) is 42.3 Å². The number of nitrogens with zero attached hydrogens (tertiary/aromatic N) is 3. The van der Waals surface area contributed by atoms with E-state index in [4.69, 9.17) is 4.74 Å². The van der Waals surface area contributed by atoms with Crippen LogP contribution in [0, 0.1) is 12.7 Å². The van der Waals surface area contributed by atoms with Crippen LogP contribution in [0.15, 0.2) is 41.2 Å². The predicted octanol–water partition coefficient (Wildman–Crippen LogP) is 3.78. The van der Waals surface area contributed by atoms with Crippen molar-refractivity contribution < 1.29 is 18.7 Å². The third-order valence-electron chi connectivity index (χ3n) is 7.20. The van der Waals surface area contributed by atoms with E-state index in [1.165, 1.54) is 30.3 Å².